The fourth-order valence-corrected chi connectivity index (χ4v) is 4.20. The van der Waals surface area contributed by atoms with Crippen molar-refractivity contribution in [3.63, 3.8) is 0 Å². The summed E-state index contributed by atoms with van der Waals surface area (Å²) in [5, 5.41) is 3.91. The van der Waals surface area contributed by atoms with Crippen molar-refractivity contribution in [1.29, 1.82) is 0 Å². The van der Waals surface area contributed by atoms with Crippen LogP contribution >= 0.6 is 0 Å². The minimum atomic E-state index is -5.08. The second kappa shape index (κ2) is 9.59. The van der Waals surface area contributed by atoms with Crippen LogP contribution in [-0.2, 0) is 6.18 Å². The van der Waals surface area contributed by atoms with E-state index in [1.54, 1.807) is 20.8 Å². The third-order valence-electron chi connectivity index (χ3n) is 5.87. The highest BCUT2D eigenvalue weighted by Crippen LogP contribution is 2.39. The quantitative estimate of drug-likeness (QED) is 0.296. The van der Waals surface area contributed by atoms with Gasteiger partial charge in [-0.3, -0.25) is 14.3 Å². The van der Waals surface area contributed by atoms with Gasteiger partial charge in [0.05, 0.1) is 5.56 Å². The third kappa shape index (κ3) is 4.54. The number of imidazole rings is 1. The van der Waals surface area contributed by atoms with Gasteiger partial charge in [-0.25, -0.2) is 24.1 Å². The van der Waals surface area contributed by atoms with E-state index in [0.717, 1.165) is 12.1 Å². The summed E-state index contributed by atoms with van der Waals surface area (Å²) in [6.07, 6.45) is -1.17. The van der Waals surface area contributed by atoms with Gasteiger partial charge in [0.2, 0.25) is 0 Å². The van der Waals surface area contributed by atoms with Crippen molar-refractivity contribution in [2.45, 2.75) is 33.0 Å². The zero-order valence-electron chi connectivity index (χ0n) is 21.1. The molecule has 5 rings (SSSR count). The number of primary amides is 1. The summed E-state index contributed by atoms with van der Waals surface area (Å²) < 4.78 is 65.2. The number of hydrogen-bond acceptors (Lipinski definition) is 7. The van der Waals surface area contributed by atoms with Crippen molar-refractivity contribution < 1.29 is 27.1 Å². The lowest BCUT2D eigenvalue weighted by molar-refractivity contribution is -0.143. The maximum absolute atomic E-state index is 15.3. The number of ether oxygens (including phenoxy) is 1. The first-order valence-corrected chi connectivity index (χ1v) is 11.7. The zero-order valence-corrected chi connectivity index (χ0v) is 21.1. The molecule has 0 atom stereocenters. The highest BCUT2D eigenvalue weighted by Gasteiger charge is 2.43. The predicted molar refractivity (Wildman–Crippen MR) is 134 cm³/mol. The third-order valence-corrected chi connectivity index (χ3v) is 5.87. The van der Waals surface area contributed by atoms with Crippen LogP contribution < -0.4 is 16.2 Å². The minimum Gasteiger partial charge on any atom is -0.452 e. The number of fused-ring (bicyclic) bond motifs is 1. The van der Waals surface area contributed by atoms with Gasteiger partial charge >= 0.3 is 11.9 Å². The number of nitrogens with zero attached hydrogens (tertiary/aromatic N) is 6. The molecule has 0 fully saturated rings. The number of rotatable bonds is 6. The molecule has 0 saturated heterocycles. The lowest BCUT2D eigenvalue weighted by atomic mass is 10.0. The van der Waals surface area contributed by atoms with Crippen LogP contribution in [0.2, 0.25) is 0 Å². The van der Waals surface area contributed by atoms with E-state index in [4.69, 9.17) is 10.5 Å². The molecule has 1 amide bonds. The van der Waals surface area contributed by atoms with Crippen molar-refractivity contribution >= 4 is 17.1 Å². The molecule has 4 aromatic heterocycles. The smallest absolute Gasteiger partial charge is 0.434 e. The van der Waals surface area contributed by atoms with Crippen LogP contribution in [0, 0.1) is 12.7 Å². The van der Waals surface area contributed by atoms with Gasteiger partial charge in [0.15, 0.2) is 28.7 Å². The summed E-state index contributed by atoms with van der Waals surface area (Å²) in [5.41, 5.74) is 2.82. The number of alkyl halides is 3. The molecule has 4 heterocycles. The van der Waals surface area contributed by atoms with Crippen molar-refractivity contribution in [1.82, 2.24) is 34.3 Å². The van der Waals surface area contributed by atoms with Crippen molar-refractivity contribution in [2.24, 2.45) is 5.73 Å². The molecule has 40 heavy (non-hydrogen) atoms. The highest BCUT2D eigenvalue weighted by molar-refractivity contribution is 6.00. The molecule has 0 spiro atoms. The minimum absolute atomic E-state index is 0.113. The number of H-pyrrole nitrogens is 1. The zero-order chi connectivity index (χ0) is 28.9. The van der Waals surface area contributed by atoms with E-state index >= 15 is 4.39 Å². The summed E-state index contributed by atoms with van der Waals surface area (Å²) in [5.74, 6) is -3.07. The molecule has 0 aliphatic heterocycles. The molecule has 0 radical (unpaired) electrons. The topological polar surface area (TPSA) is 147 Å². The fraction of sp³-hybridized carbons (Fsp3) is 0.200. The molecule has 0 aliphatic carbocycles. The Morgan fingerprint density at radius 1 is 1.10 bits per heavy atom. The number of benzene rings is 1. The first kappa shape index (κ1) is 26.5. The van der Waals surface area contributed by atoms with E-state index in [1.165, 1.54) is 35.3 Å². The Balaban J connectivity index is 1.62. The monoisotopic (exact) mass is 556 g/mol. The normalized spacial score (nSPS) is 11.9. The number of carbonyl (C=O) groups is 1. The van der Waals surface area contributed by atoms with Gasteiger partial charge in [-0.15, -0.1) is 0 Å². The van der Waals surface area contributed by atoms with Gasteiger partial charge in [0, 0.05) is 36.3 Å². The number of hydrogen-bond donors (Lipinski definition) is 2. The average Bonchev–Trinajstić information content (AvgIpc) is 3.44. The van der Waals surface area contributed by atoms with Gasteiger partial charge in [-0.05, 0) is 44.5 Å². The standard InChI is InChI=1S/C25H20F4N8O3/c1-11(2)36-19-16(6-7-31-22(19)34-24(36)39)40-15-5-4-13(8-14(15)26)18-17(21(30)38)20(25(27,28)29)37(35-18)23-32-9-12(3)10-33-23/h4-11H,1-3H3,(H2,30,38)(H,31,34,39). The molecule has 0 saturated carbocycles. The first-order chi connectivity index (χ1) is 18.9. The molecule has 0 aliphatic rings. The Morgan fingerprint density at radius 2 is 1.80 bits per heavy atom. The molecule has 11 nitrogen and oxygen atoms in total. The second-order valence-electron chi connectivity index (χ2n) is 9.05. The molecule has 0 unspecified atom stereocenters. The van der Waals surface area contributed by atoms with E-state index in [2.05, 4.69) is 25.0 Å². The van der Waals surface area contributed by atoms with E-state index < -0.39 is 46.5 Å². The summed E-state index contributed by atoms with van der Waals surface area (Å²) in [7, 11) is 0. The molecule has 206 valence electrons. The number of amides is 1. The molecule has 15 heteroatoms. The number of aromatic nitrogens is 7. The van der Waals surface area contributed by atoms with E-state index in [1.807, 2.05) is 0 Å². The first-order valence-electron chi connectivity index (χ1n) is 11.7. The van der Waals surface area contributed by atoms with Crippen LogP contribution in [0.3, 0.4) is 0 Å². The second-order valence-corrected chi connectivity index (χ2v) is 9.05. The van der Waals surface area contributed by atoms with Crippen molar-refractivity contribution in [2.75, 3.05) is 0 Å². The Kier molecular flexibility index (Phi) is 6.36. The van der Waals surface area contributed by atoms with Gasteiger partial charge in [0.25, 0.3) is 11.9 Å². The number of halogens is 4. The maximum atomic E-state index is 15.3. The van der Waals surface area contributed by atoms with Crippen LogP contribution in [0.15, 0.2) is 47.7 Å². The summed E-state index contributed by atoms with van der Waals surface area (Å²) in [6.45, 7) is 5.18. The maximum Gasteiger partial charge on any atom is 0.434 e. The van der Waals surface area contributed by atoms with Gasteiger partial charge in [-0.1, -0.05) is 0 Å². The molecule has 1 aromatic carbocycles. The van der Waals surface area contributed by atoms with Crippen LogP contribution in [0.1, 0.15) is 41.5 Å². The van der Waals surface area contributed by atoms with E-state index in [-0.39, 0.29) is 28.8 Å². The SMILES string of the molecule is Cc1cnc(-n2nc(-c3ccc(Oc4ccnc5[nH]c(=O)n(C(C)C)c45)c(F)c3)c(C(N)=O)c2C(F)(F)F)nc1. The van der Waals surface area contributed by atoms with Gasteiger partial charge in [0.1, 0.15) is 11.2 Å². The molecular formula is C25H20F4N8O3. The van der Waals surface area contributed by atoms with E-state index in [0.29, 0.717) is 15.8 Å². The van der Waals surface area contributed by atoms with Crippen LogP contribution in [0.25, 0.3) is 28.4 Å². The van der Waals surface area contributed by atoms with Gasteiger partial charge < -0.3 is 10.5 Å². The molecule has 3 N–H and O–H groups in total. The van der Waals surface area contributed by atoms with Crippen molar-refractivity contribution in [3.8, 4) is 28.7 Å². The van der Waals surface area contributed by atoms with Gasteiger partial charge in [-0.2, -0.15) is 23.0 Å². The fourth-order valence-electron chi connectivity index (χ4n) is 4.20. The van der Waals surface area contributed by atoms with Crippen LogP contribution in [0.4, 0.5) is 17.6 Å². The lowest BCUT2D eigenvalue weighted by Crippen LogP contribution is -2.21. The number of aryl methyl sites for hydroxylation is 1. The largest absolute Gasteiger partial charge is 0.452 e. The summed E-state index contributed by atoms with van der Waals surface area (Å²) in [4.78, 5) is 39.0. The number of aromatic amines is 1. The Morgan fingerprint density at radius 3 is 2.40 bits per heavy atom. The predicted octanol–water partition coefficient (Wildman–Crippen LogP) is 4.31. The van der Waals surface area contributed by atoms with Crippen molar-refractivity contribution in [3.05, 3.63) is 76.0 Å². The lowest BCUT2D eigenvalue weighted by Gasteiger charge is -2.12. The summed E-state index contributed by atoms with van der Waals surface area (Å²) >= 11 is 0. The Hall–Kier alpha value is -5.08. The molecule has 0 bridgehead atoms. The van der Waals surface area contributed by atoms with Crippen LogP contribution in [-0.4, -0.2) is 40.2 Å². The average molecular weight is 556 g/mol. The van der Waals surface area contributed by atoms with E-state index in [9.17, 15) is 22.8 Å². The number of carbonyl (C=O) groups excluding carboxylic acids is 1. The highest BCUT2D eigenvalue weighted by atomic mass is 19.4. The number of pyridine rings is 1. The Labute approximate surface area is 222 Å². The number of nitrogens with one attached hydrogen (secondary N) is 1. The Bertz CT molecular complexity index is 1820. The number of nitrogens with two attached hydrogens (primary N) is 1. The molecular weight excluding hydrogens is 536 g/mol. The van der Waals surface area contributed by atoms with Crippen LogP contribution in [0.5, 0.6) is 11.5 Å². The molecule has 5 aromatic rings. The summed E-state index contributed by atoms with van der Waals surface area (Å²) in [6, 6.07) is 4.39.